The highest BCUT2D eigenvalue weighted by Gasteiger charge is 2.16. The Hall–Kier alpha value is -1.16. The van der Waals surface area contributed by atoms with Crippen LogP contribution in [0.5, 0.6) is 0 Å². The van der Waals surface area contributed by atoms with Crippen molar-refractivity contribution in [2.24, 2.45) is 0 Å². The molecule has 4 nitrogen and oxygen atoms in total. The minimum atomic E-state index is 0.383. The van der Waals surface area contributed by atoms with E-state index in [2.05, 4.69) is 29.0 Å². The van der Waals surface area contributed by atoms with Gasteiger partial charge in [0.15, 0.2) is 0 Å². The molecule has 1 aromatic rings. The van der Waals surface area contributed by atoms with Crippen molar-refractivity contribution in [2.45, 2.75) is 52.0 Å². The van der Waals surface area contributed by atoms with Crippen LogP contribution in [0.15, 0.2) is 6.20 Å². The molecule has 1 aromatic heterocycles. The molecule has 0 aromatic carbocycles. The number of hydrogen-bond acceptors (Lipinski definition) is 4. The molecular formula is C15H26N4. The van der Waals surface area contributed by atoms with Gasteiger partial charge in [-0.2, -0.15) is 0 Å². The molecule has 0 bridgehead atoms. The van der Waals surface area contributed by atoms with Gasteiger partial charge in [-0.05, 0) is 19.9 Å². The van der Waals surface area contributed by atoms with E-state index < -0.39 is 0 Å². The first-order valence-corrected chi connectivity index (χ1v) is 7.47. The van der Waals surface area contributed by atoms with Crippen molar-refractivity contribution >= 4 is 5.69 Å². The first-order valence-electron chi connectivity index (χ1n) is 7.47. The molecule has 106 valence electrons. The van der Waals surface area contributed by atoms with Crippen LogP contribution in [-0.2, 0) is 6.54 Å². The van der Waals surface area contributed by atoms with Gasteiger partial charge in [0.1, 0.15) is 5.82 Å². The van der Waals surface area contributed by atoms with Crippen molar-refractivity contribution in [3.8, 4) is 0 Å². The van der Waals surface area contributed by atoms with Crippen LogP contribution in [0.3, 0.4) is 0 Å². The van der Waals surface area contributed by atoms with Crippen LogP contribution in [0.2, 0.25) is 0 Å². The highest BCUT2D eigenvalue weighted by atomic mass is 15.2. The fraction of sp³-hybridized carbons (Fsp3) is 0.733. The summed E-state index contributed by atoms with van der Waals surface area (Å²) in [7, 11) is 1.98. The summed E-state index contributed by atoms with van der Waals surface area (Å²) in [5, 5.41) is 3.23. The Morgan fingerprint density at radius 1 is 1.21 bits per heavy atom. The average molecular weight is 262 g/mol. The minimum absolute atomic E-state index is 0.383. The molecule has 1 aliphatic heterocycles. The molecular weight excluding hydrogens is 236 g/mol. The molecule has 0 atom stereocenters. The predicted octanol–water partition coefficient (Wildman–Crippen LogP) is 2.70. The minimum Gasteiger partial charge on any atom is -0.369 e. The fourth-order valence-electron chi connectivity index (χ4n) is 2.58. The Morgan fingerprint density at radius 2 is 1.89 bits per heavy atom. The van der Waals surface area contributed by atoms with Crippen LogP contribution in [0, 0.1) is 0 Å². The zero-order valence-corrected chi connectivity index (χ0v) is 12.4. The van der Waals surface area contributed by atoms with E-state index in [0.717, 1.165) is 31.2 Å². The van der Waals surface area contributed by atoms with Gasteiger partial charge in [0.2, 0.25) is 0 Å². The number of anilines is 1. The third-order valence-corrected chi connectivity index (χ3v) is 3.67. The van der Waals surface area contributed by atoms with Gasteiger partial charge in [-0.1, -0.05) is 26.7 Å². The third-order valence-electron chi connectivity index (χ3n) is 3.67. The highest BCUT2D eigenvalue weighted by Crippen LogP contribution is 2.23. The Bertz CT molecular complexity index is 395. The molecule has 0 amide bonds. The second-order valence-electron chi connectivity index (χ2n) is 5.65. The van der Waals surface area contributed by atoms with Crippen molar-refractivity contribution < 1.29 is 0 Å². The van der Waals surface area contributed by atoms with Crippen molar-refractivity contribution in [1.82, 2.24) is 15.3 Å². The van der Waals surface area contributed by atoms with Crippen LogP contribution in [-0.4, -0.2) is 30.1 Å². The average Bonchev–Trinajstić information content (AvgIpc) is 2.68. The number of hydrogen-bond donors (Lipinski definition) is 1. The van der Waals surface area contributed by atoms with Crippen LogP contribution < -0.4 is 10.2 Å². The predicted molar refractivity (Wildman–Crippen MR) is 79.6 cm³/mol. The van der Waals surface area contributed by atoms with Crippen molar-refractivity contribution in [1.29, 1.82) is 0 Å². The van der Waals surface area contributed by atoms with Gasteiger partial charge in [0.25, 0.3) is 0 Å². The standard InChI is InChI=1S/C15H26N4/c1-12(2)15-17-11-14(13(18-15)10-16-3)19-8-6-4-5-7-9-19/h11-12,16H,4-10H2,1-3H3. The SMILES string of the molecule is CNCc1nc(C(C)C)ncc1N1CCCCCC1. The molecule has 4 heteroatoms. The Balaban J connectivity index is 2.26. The number of aromatic nitrogens is 2. The topological polar surface area (TPSA) is 41.1 Å². The number of rotatable bonds is 4. The van der Waals surface area contributed by atoms with Gasteiger partial charge >= 0.3 is 0 Å². The summed E-state index contributed by atoms with van der Waals surface area (Å²) in [6.07, 6.45) is 7.29. The van der Waals surface area contributed by atoms with E-state index >= 15 is 0 Å². The van der Waals surface area contributed by atoms with Gasteiger partial charge in [-0.25, -0.2) is 9.97 Å². The van der Waals surface area contributed by atoms with Gasteiger partial charge in [0.05, 0.1) is 17.6 Å². The summed E-state index contributed by atoms with van der Waals surface area (Å²) in [5.41, 5.74) is 2.36. The van der Waals surface area contributed by atoms with E-state index in [0.29, 0.717) is 5.92 Å². The lowest BCUT2D eigenvalue weighted by atomic mass is 10.2. The highest BCUT2D eigenvalue weighted by molar-refractivity contribution is 5.49. The first kappa shape index (κ1) is 14.3. The van der Waals surface area contributed by atoms with E-state index in [9.17, 15) is 0 Å². The Morgan fingerprint density at radius 3 is 2.47 bits per heavy atom. The van der Waals surface area contributed by atoms with E-state index in [1.165, 1.54) is 31.4 Å². The maximum absolute atomic E-state index is 4.75. The molecule has 1 aliphatic rings. The monoisotopic (exact) mass is 262 g/mol. The van der Waals surface area contributed by atoms with Gasteiger partial charge < -0.3 is 10.2 Å². The van der Waals surface area contributed by atoms with Gasteiger partial charge in [-0.15, -0.1) is 0 Å². The Kier molecular flexibility index (Phi) is 5.14. The molecule has 1 saturated heterocycles. The van der Waals surface area contributed by atoms with Gasteiger partial charge in [0, 0.05) is 25.6 Å². The van der Waals surface area contributed by atoms with E-state index in [1.54, 1.807) is 0 Å². The maximum Gasteiger partial charge on any atom is 0.131 e. The number of nitrogens with zero attached hydrogens (tertiary/aromatic N) is 3. The summed E-state index contributed by atoms with van der Waals surface area (Å²) < 4.78 is 0. The normalized spacial score (nSPS) is 16.7. The summed E-state index contributed by atoms with van der Waals surface area (Å²) in [6.45, 7) is 7.38. The molecule has 1 N–H and O–H groups in total. The van der Waals surface area contributed by atoms with Crippen LogP contribution in [0.25, 0.3) is 0 Å². The van der Waals surface area contributed by atoms with Gasteiger partial charge in [-0.3, -0.25) is 0 Å². The van der Waals surface area contributed by atoms with Crippen molar-refractivity contribution in [3.05, 3.63) is 17.7 Å². The molecule has 2 heterocycles. The van der Waals surface area contributed by atoms with E-state index in [4.69, 9.17) is 4.98 Å². The van der Waals surface area contributed by atoms with E-state index in [-0.39, 0.29) is 0 Å². The quantitative estimate of drug-likeness (QED) is 0.906. The van der Waals surface area contributed by atoms with Crippen molar-refractivity contribution in [2.75, 3.05) is 25.0 Å². The lowest BCUT2D eigenvalue weighted by Crippen LogP contribution is -2.27. The van der Waals surface area contributed by atoms with Crippen molar-refractivity contribution in [3.63, 3.8) is 0 Å². The summed E-state index contributed by atoms with van der Waals surface area (Å²) in [5.74, 6) is 1.33. The van der Waals surface area contributed by atoms with Crippen LogP contribution in [0.4, 0.5) is 5.69 Å². The molecule has 19 heavy (non-hydrogen) atoms. The largest absolute Gasteiger partial charge is 0.369 e. The summed E-state index contributed by atoms with van der Waals surface area (Å²) in [6, 6.07) is 0. The molecule has 1 fully saturated rings. The summed E-state index contributed by atoms with van der Waals surface area (Å²) >= 11 is 0. The third kappa shape index (κ3) is 3.66. The lowest BCUT2D eigenvalue weighted by molar-refractivity contribution is 0.707. The molecule has 0 spiro atoms. The lowest BCUT2D eigenvalue weighted by Gasteiger charge is -2.25. The van der Waals surface area contributed by atoms with E-state index in [1.807, 2.05) is 13.2 Å². The zero-order chi connectivity index (χ0) is 13.7. The second kappa shape index (κ2) is 6.85. The zero-order valence-electron chi connectivity index (χ0n) is 12.4. The maximum atomic E-state index is 4.75. The Labute approximate surface area is 116 Å². The smallest absolute Gasteiger partial charge is 0.131 e. The fourth-order valence-corrected chi connectivity index (χ4v) is 2.58. The molecule has 0 unspecified atom stereocenters. The summed E-state index contributed by atoms with van der Waals surface area (Å²) in [4.78, 5) is 11.8. The number of nitrogens with one attached hydrogen (secondary N) is 1. The van der Waals surface area contributed by atoms with Crippen LogP contribution >= 0.6 is 0 Å². The first-order chi connectivity index (χ1) is 9.22. The molecule has 2 rings (SSSR count). The molecule has 0 saturated carbocycles. The molecule has 0 aliphatic carbocycles. The van der Waals surface area contributed by atoms with Crippen LogP contribution in [0.1, 0.15) is 57.0 Å². The molecule has 0 radical (unpaired) electrons. The second-order valence-corrected chi connectivity index (χ2v) is 5.65.